The molecule has 0 aliphatic heterocycles. The van der Waals surface area contributed by atoms with Crippen LogP contribution >= 0.6 is 0 Å². The van der Waals surface area contributed by atoms with Gasteiger partial charge in [-0.1, -0.05) is 20.3 Å². The van der Waals surface area contributed by atoms with E-state index >= 15 is 0 Å². The minimum Gasteiger partial charge on any atom is -0.393 e. The van der Waals surface area contributed by atoms with E-state index in [1.165, 1.54) is 0 Å². The molecule has 0 rings (SSSR count). The molecule has 0 bridgehead atoms. The Bertz CT molecular complexity index is 104. The monoisotopic (exact) mass is 159 g/mol. The number of aliphatic hydroxyl groups excluding tert-OH is 1. The fourth-order valence-corrected chi connectivity index (χ4v) is 1.51. The summed E-state index contributed by atoms with van der Waals surface area (Å²) in [6.07, 6.45) is 3.50. The molecule has 0 aliphatic carbocycles. The Kier molecular flexibility index (Phi) is 4.69. The van der Waals surface area contributed by atoms with Crippen LogP contribution in [0.25, 0.3) is 0 Å². The summed E-state index contributed by atoms with van der Waals surface area (Å²) in [4.78, 5) is 0. The van der Waals surface area contributed by atoms with E-state index in [9.17, 15) is 0 Å². The molecule has 0 spiro atoms. The highest BCUT2D eigenvalue weighted by Crippen LogP contribution is 2.19. The summed E-state index contributed by atoms with van der Waals surface area (Å²) in [7, 11) is 0. The first kappa shape index (κ1) is 10.9. The van der Waals surface area contributed by atoms with Crippen molar-refractivity contribution >= 4 is 0 Å². The lowest BCUT2D eigenvalue weighted by atomic mass is 9.86. The van der Waals surface area contributed by atoms with Gasteiger partial charge in [0.2, 0.25) is 0 Å². The number of hydrogen-bond donors (Lipinski definition) is 2. The molecule has 0 aromatic heterocycles. The van der Waals surface area contributed by atoms with Crippen molar-refractivity contribution in [2.24, 2.45) is 5.73 Å². The van der Waals surface area contributed by atoms with E-state index in [1.807, 2.05) is 0 Å². The molecule has 11 heavy (non-hydrogen) atoms. The quantitative estimate of drug-likeness (QED) is 0.641. The van der Waals surface area contributed by atoms with E-state index in [0.717, 1.165) is 25.7 Å². The van der Waals surface area contributed by atoms with Gasteiger partial charge in [0.15, 0.2) is 0 Å². The summed E-state index contributed by atoms with van der Waals surface area (Å²) in [5.74, 6) is 0. The van der Waals surface area contributed by atoms with E-state index in [4.69, 9.17) is 10.8 Å². The molecule has 2 atom stereocenters. The zero-order valence-electron chi connectivity index (χ0n) is 7.93. The van der Waals surface area contributed by atoms with Crippen LogP contribution in [0.5, 0.6) is 0 Å². The highest BCUT2D eigenvalue weighted by molar-refractivity contribution is 4.83. The Hall–Kier alpha value is -0.0800. The Morgan fingerprint density at radius 3 is 2.27 bits per heavy atom. The van der Waals surface area contributed by atoms with Gasteiger partial charge < -0.3 is 10.8 Å². The van der Waals surface area contributed by atoms with E-state index in [1.54, 1.807) is 6.92 Å². The Balaban J connectivity index is 3.87. The van der Waals surface area contributed by atoms with E-state index in [0.29, 0.717) is 0 Å². The van der Waals surface area contributed by atoms with E-state index in [2.05, 4.69) is 13.8 Å². The van der Waals surface area contributed by atoms with Gasteiger partial charge in [0.05, 0.1) is 6.10 Å². The second-order valence-electron chi connectivity index (χ2n) is 3.52. The lowest BCUT2D eigenvalue weighted by molar-refractivity contribution is 0.142. The van der Waals surface area contributed by atoms with Gasteiger partial charge >= 0.3 is 0 Å². The SMILES string of the molecule is CCCC(N)(CC)CC(C)O. The topological polar surface area (TPSA) is 46.2 Å². The smallest absolute Gasteiger partial charge is 0.0529 e. The molecular formula is C9H21NO. The molecule has 2 nitrogen and oxygen atoms in total. The summed E-state index contributed by atoms with van der Waals surface area (Å²) in [6.45, 7) is 6.00. The van der Waals surface area contributed by atoms with Crippen molar-refractivity contribution in [3.05, 3.63) is 0 Å². The standard InChI is InChI=1S/C9H21NO/c1-4-6-9(10,5-2)7-8(3)11/h8,11H,4-7,10H2,1-3H3. The van der Waals surface area contributed by atoms with Gasteiger partial charge in [0, 0.05) is 5.54 Å². The molecule has 0 heterocycles. The van der Waals surface area contributed by atoms with Gasteiger partial charge in [-0.3, -0.25) is 0 Å². The molecule has 0 aromatic rings. The fraction of sp³-hybridized carbons (Fsp3) is 1.00. The van der Waals surface area contributed by atoms with Gasteiger partial charge in [-0.2, -0.15) is 0 Å². The summed E-state index contributed by atoms with van der Waals surface area (Å²) in [6, 6.07) is 0. The van der Waals surface area contributed by atoms with E-state index < -0.39 is 0 Å². The van der Waals surface area contributed by atoms with Crippen molar-refractivity contribution in [1.29, 1.82) is 0 Å². The van der Waals surface area contributed by atoms with Crippen LogP contribution in [0.4, 0.5) is 0 Å². The lowest BCUT2D eigenvalue weighted by Crippen LogP contribution is -2.41. The molecule has 0 radical (unpaired) electrons. The van der Waals surface area contributed by atoms with Crippen LogP contribution in [0.1, 0.15) is 46.5 Å². The molecule has 68 valence electrons. The summed E-state index contributed by atoms with van der Waals surface area (Å²) < 4.78 is 0. The van der Waals surface area contributed by atoms with Crippen molar-refractivity contribution in [3.8, 4) is 0 Å². The van der Waals surface area contributed by atoms with Crippen LogP contribution in [0.15, 0.2) is 0 Å². The molecule has 2 heteroatoms. The maximum Gasteiger partial charge on any atom is 0.0529 e. The Morgan fingerprint density at radius 2 is 2.00 bits per heavy atom. The summed E-state index contributed by atoms with van der Waals surface area (Å²) >= 11 is 0. The molecule has 0 aliphatic rings. The average Bonchev–Trinajstić information content (AvgIpc) is 1.87. The van der Waals surface area contributed by atoms with Gasteiger partial charge in [-0.05, 0) is 26.2 Å². The number of nitrogens with two attached hydrogens (primary N) is 1. The summed E-state index contributed by atoms with van der Waals surface area (Å²) in [5.41, 5.74) is 5.91. The second kappa shape index (κ2) is 4.73. The van der Waals surface area contributed by atoms with Gasteiger partial charge in [0.1, 0.15) is 0 Å². The van der Waals surface area contributed by atoms with Crippen molar-refractivity contribution in [2.75, 3.05) is 0 Å². The third-order valence-electron chi connectivity index (χ3n) is 2.15. The van der Waals surface area contributed by atoms with Crippen LogP contribution in [0.3, 0.4) is 0 Å². The molecule has 3 N–H and O–H groups in total. The van der Waals surface area contributed by atoms with E-state index in [-0.39, 0.29) is 11.6 Å². The Morgan fingerprint density at radius 1 is 1.45 bits per heavy atom. The third-order valence-corrected chi connectivity index (χ3v) is 2.15. The van der Waals surface area contributed by atoms with Crippen molar-refractivity contribution in [1.82, 2.24) is 0 Å². The molecule has 0 aromatic carbocycles. The molecule has 0 saturated carbocycles. The first-order chi connectivity index (χ1) is 5.04. The van der Waals surface area contributed by atoms with Crippen LogP contribution in [-0.2, 0) is 0 Å². The first-order valence-electron chi connectivity index (χ1n) is 4.51. The minimum absolute atomic E-state index is 0.136. The normalized spacial score (nSPS) is 19.4. The highest BCUT2D eigenvalue weighted by atomic mass is 16.3. The fourth-order valence-electron chi connectivity index (χ4n) is 1.51. The van der Waals surface area contributed by atoms with Crippen molar-refractivity contribution < 1.29 is 5.11 Å². The number of aliphatic hydroxyl groups is 1. The van der Waals surface area contributed by atoms with Gasteiger partial charge in [-0.15, -0.1) is 0 Å². The van der Waals surface area contributed by atoms with Crippen molar-refractivity contribution in [2.45, 2.75) is 58.1 Å². The summed E-state index contributed by atoms with van der Waals surface area (Å²) in [5, 5.41) is 9.17. The van der Waals surface area contributed by atoms with Crippen LogP contribution in [-0.4, -0.2) is 16.7 Å². The van der Waals surface area contributed by atoms with Crippen molar-refractivity contribution in [3.63, 3.8) is 0 Å². The average molecular weight is 159 g/mol. The zero-order chi connectivity index (χ0) is 8.91. The Labute approximate surface area is 69.8 Å². The second-order valence-corrected chi connectivity index (χ2v) is 3.52. The maximum atomic E-state index is 9.17. The predicted octanol–water partition coefficient (Wildman–Crippen LogP) is 1.66. The van der Waals surface area contributed by atoms with Gasteiger partial charge in [-0.25, -0.2) is 0 Å². The molecule has 0 amide bonds. The molecule has 0 fully saturated rings. The van der Waals surface area contributed by atoms with Crippen LogP contribution in [0.2, 0.25) is 0 Å². The first-order valence-corrected chi connectivity index (χ1v) is 4.51. The molecule has 0 saturated heterocycles. The largest absolute Gasteiger partial charge is 0.393 e. The number of rotatable bonds is 5. The lowest BCUT2D eigenvalue weighted by Gasteiger charge is -2.29. The zero-order valence-corrected chi connectivity index (χ0v) is 7.93. The predicted molar refractivity (Wildman–Crippen MR) is 48.4 cm³/mol. The highest BCUT2D eigenvalue weighted by Gasteiger charge is 2.22. The van der Waals surface area contributed by atoms with Crippen LogP contribution < -0.4 is 5.73 Å². The third kappa shape index (κ3) is 4.38. The molecular weight excluding hydrogens is 138 g/mol. The maximum absolute atomic E-state index is 9.17. The van der Waals surface area contributed by atoms with Gasteiger partial charge in [0.25, 0.3) is 0 Å². The molecule has 2 unspecified atom stereocenters. The minimum atomic E-state index is -0.272. The van der Waals surface area contributed by atoms with Crippen LogP contribution in [0, 0.1) is 0 Å². The number of hydrogen-bond acceptors (Lipinski definition) is 2.